The van der Waals surface area contributed by atoms with Crippen LogP contribution in [0.25, 0.3) is 106 Å². The van der Waals surface area contributed by atoms with Gasteiger partial charge < -0.3 is 8.98 Å². The number of fused-ring (bicyclic) bond motifs is 6. The van der Waals surface area contributed by atoms with Gasteiger partial charge in [0.15, 0.2) is 17.5 Å². The molecule has 57 heavy (non-hydrogen) atoms. The molecule has 11 aromatic rings. The molecule has 0 aliphatic rings. The fourth-order valence-corrected chi connectivity index (χ4v) is 8.16. The predicted molar refractivity (Wildman–Crippen MR) is 233 cm³/mol. The lowest BCUT2D eigenvalue weighted by molar-refractivity contribution is 0.669. The second-order valence-electron chi connectivity index (χ2n) is 14.5. The minimum absolute atomic E-state index is 0.594. The minimum atomic E-state index is 0.594. The van der Waals surface area contributed by atoms with Gasteiger partial charge in [-0.25, -0.2) is 15.0 Å². The molecule has 3 heterocycles. The Hall–Kier alpha value is -7.63. The zero-order valence-electron chi connectivity index (χ0n) is 31.1. The maximum absolute atomic E-state index is 6.21. The third-order valence-electron chi connectivity index (χ3n) is 10.9. The number of nitrogens with zero attached hydrogens (tertiary/aromatic N) is 4. The highest BCUT2D eigenvalue weighted by atomic mass is 16.3. The quantitative estimate of drug-likeness (QED) is 0.171. The van der Waals surface area contributed by atoms with Gasteiger partial charge in [0.25, 0.3) is 0 Å². The van der Waals surface area contributed by atoms with Gasteiger partial charge in [0.2, 0.25) is 0 Å². The van der Waals surface area contributed by atoms with Gasteiger partial charge in [-0.05, 0) is 77.7 Å². The first-order chi connectivity index (χ1) is 28.1. The molecule has 0 unspecified atom stereocenters. The summed E-state index contributed by atoms with van der Waals surface area (Å²) in [7, 11) is 0. The lowest BCUT2D eigenvalue weighted by Crippen LogP contribution is -2.04. The van der Waals surface area contributed by atoms with E-state index in [9.17, 15) is 0 Å². The Morgan fingerprint density at radius 3 is 1.67 bits per heavy atom. The van der Waals surface area contributed by atoms with E-state index in [-0.39, 0.29) is 0 Å². The molecule has 0 aliphatic carbocycles. The van der Waals surface area contributed by atoms with Crippen molar-refractivity contribution in [3.8, 4) is 62.1 Å². The number of aryl methyl sites for hydroxylation is 1. The van der Waals surface area contributed by atoms with Gasteiger partial charge in [-0.3, -0.25) is 0 Å². The number of hydrogen-bond acceptors (Lipinski definition) is 4. The van der Waals surface area contributed by atoms with Crippen LogP contribution < -0.4 is 0 Å². The Kier molecular flexibility index (Phi) is 7.64. The molecule has 0 bridgehead atoms. The molecular weight excluding hydrogens is 697 g/mol. The standard InChI is InChI=1S/C52H34N4O/c1-33-13-12-18-36(29-33)37-23-26-46-42(30-37)40-19-8-10-21-45(40)56(46)47-27-24-38(39-25-28-49-43(31-39)41-20-9-11-22-48(41)57-49)32-44(47)52-54-50(34-14-4-2-5-15-34)53-51(55-52)35-16-6-3-7-17-35/h2-32H,1H3. The van der Waals surface area contributed by atoms with E-state index in [1.165, 1.54) is 27.5 Å². The first kappa shape index (κ1) is 32.8. The summed E-state index contributed by atoms with van der Waals surface area (Å²) in [6.07, 6.45) is 0. The molecule has 0 fully saturated rings. The lowest BCUT2D eigenvalue weighted by atomic mass is 9.99. The minimum Gasteiger partial charge on any atom is -0.456 e. The van der Waals surface area contributed by atoms with Gasteiger partial charge >= 0.3 is 0 Å². The molecule has 0 N–H and O–H groups in total. The number of hydrogen-bond donors (Lipinski definition) is 0. The first-order valence-electron chi connectivity index (χ1n) is 19.2. The maximum Gasteiger partial charge on any atom is 0.166 e. The van der Waals surface area contributed by atoms with Crippen molar-refractivity contribution in [2.75, 3.05) is 0 Å². The summed E-state index contributed by atoms with van der Waals surface area (Å²) < 4.78 is 8.57. The van der Waals surface area contributed by atoms with E-state index < -0.39 is 0 Å². The third-order valence-corrected chi connectivity index (χ3v) is 10.9. The Labute approximate surface area is 329 Å². The van der Waals surface area contributed by atoms with E-state index >= 15 is 0 Å². The topological polar surface area (TPSA) is 56.7 Å². The number of furan rings is 1. The summed E-state index contributed by atoms with van der Waals surface area (Å²) in [5, 5.41) is 4.54. The normalized spacial score (nSPS) is 11.6. The summed E-state index contributed by atoms with van der Waals surface area (Å²) in [5.41, 5.74) is 13.4. The molecular formula is C52H34N4O. The van der Waals surface area contributed by atoms with Crippen molar-refractivity contribution in [2.45, 2.75) is 6.92 Å². The molecule has 5 heteroatoms. The highest BCUT2D eigenvalue weighted by Crippen LogP contribution is 2.40. The van der Waals surface area contributed by atoms with E-state index in [1.54, 1.807) is 0 Å². The van der Waals surface area contributed by atoms with Crippen molar-refractivity contribution in [1.82, 2.24) is 19.5 Å². The summed E-state index contributed by atoms with van der Waals surface area (Å²) in [6, 6.07) is 65.8. The van der Waals surface area contributed by atoms with Crippen LogP contribution >= 0.6 is 0 Å². The molecule has 0 atom stereocenters. The molecule has 0 saturated heterocycles. The van der Waals surface area contributed by atoms with Crippen molar-refractivity contribution in [1.29, 1.82) is 0 Å². The summed E-state index contributed by atoms with van der Waals surface area (Å²) in [4.78, 5) is 15.6. The van der Waals surface area contributed by atoms with Gasteiger partial charge in [0, 0.05) is 38.2 Å². The van der Waals surface area contributed by atoms with Crippen molar-refractivity contribution in [3.05, 3.63) is 194 Å². The van der Waals surface area contributed by atoms with Gasteiger partial charge in [0.05, 0.1) is 16.7 Å². The van der Waals surface area contributed by atoms with E-state index in [2.05, 4.69) is 151 Å². The van der Waals surface area contributed by atoms with Gasteiger partial charge in [-0.15, -0.1) is 0 Å². The third kappa shape index (κ3) is 5.68. The summed E-state index contributed by atoms with van der Waals surface area (Å²) in [6.45, 7) is 2.14. The second-order valence-corrected chi connectivity index (χ2v) is 14.5. The maximum atomic E-state index is 6.21. The highest BCUT2D eigenvalue weighted by Gasteiger charge is 2.21. The molecule has 3 aromatic heterocycles. The molecule has 0 spiro atoms. The van der Waals surface area contributed by atoms with E-state index in [1.807, 2.05) is 48.5 Å². The van der Waals surface area contributed by atoms with E-state index in [4.69, 9.17) is 19.4 Å². The second kappa shape index (κ2) is 13.3. The number of aromatic nitrogens is 4. The molecule has 5 nitrogen and oxygen atoms in total. The summed E-state index contributed by atoms with van der Waals surface area (Å²) in [5.74, 6) is 1.83. The predicted octanol–water partition coefficient (Wildman–Crippen LogP) is 13.5. The van der Waals surface area contributed by atoms with Crippen LogP contribution in [0.1, 0.15) is 5.56 Å². The monoisotopic (exact) mass is 730 g/mol. The fourth-order valence-electron chi connectivity index (χ4n) is 8.16. The molecule has 8 aromatic carbocycles. The van der Waals surface area contributed by atoms with Crippen LogP contribution in [0, 0.1) is 6.92 Å². The van der Waals surface area contributed by atoms with Crippen LogP contribution in [-0.4, -0.2) is 19.5 Å². The van der Waals surface area contributed by atoms with Crippen LogP contribution in [0.4, 0.5) is 0 Å². The van der Waals surface area contributed by atoms with Crippen molar-refractivity contribution < 1.29 is 4.42 Å². The Morgan fingerprint density at radius 1 is 0.368 bits per heavy atom. The smallest absolute Gasteiger partial charge is 0.166 e. The zero-order valence-corrected chi connectivity index (χ0v) is 31.1. The molecule has 0 aliphatic heterocycles. The molecule has 0 amide bonds. The fraction of sp³-hybridized carbons (Fsp3) is 0.0192. The molecule has 11 rings (SSSR count). The SMILES string of the molecule is Cc1cccc(-c2ccc3c(c2)c2ccccc2n3-c2ccc(-c3ccc4oc5ccccc5c4c3)cc2-c2nc(-c3ccccc3)nc(-c3ccccc3)n2)c1. The van der Waals surface area contributed by atoms with Crippen LogP contribution in [-0.2, 0) is 0 Å². The Balaban J connectivity index is 1.19. The number of benzene rings is 8. The summed E-state index contributed by atoms with van der Waals surface area (Å²) >= 11 is 0. The van der Waals surface area contributed by atoms with Gasteiger partial charge in [-0.2, -0.15) is 0 Å². The van der Waals surface area contributed by atoms with Crippen LogP contribution in [0.5, 0.6) is 0 Å². The van der Waals surface area contributed by atoms with Gasteiger partial charge in [0.1, 0.15) is 11.2 Å². The average Bonchev–Trinajstić information content (AvgIpc) is 3.82. The largest absolute Gasteiger partial charge is 0.456 e. The molecule has 0 saturated carbocycles. The number of para-hydroxylation sites is 2. The number of rotatable bonds is 6. The molecule has 268 valence electrons. The Bertz CT molecular complexity index is 3250. The Morgan fingerprint density at radius 2 is 0.912 bits per heavy atom. The van der Waals surface area contributed by atoms with Crippen LogP contribution in [0.15, 0.2) is 192 Å². The van der Waals surface area contributed by atoms with Crippen molar-refractivity contribution >= 4 is 43.7 Å². The first-order valence-corrected chi connectivity index (χ1v) is 19.2. The molecule has 0 radical (unpaired) electrons. The lowest BCUT2D eigenvalue weighted by Gasteiger charge is -2.16. The van der Waals surface area contributed by atoms with Crippen LogP contribution in [0.3, 0.4) is 0 Å². The van der Waals surface area contributed by atoms with Crippen molar-refractivity contribution in [2.24, 2.45) is 0 Å². The van der Waals surface area contributed by atoms with E-state index in [0.29, 0.717) is 17.5 Å². The average molecular weight is 731 g/mol. The van der Waals surface area contributed by atoms with E-state index in [0.717, 1.165) is 66.5 Å². The van der Waals surface area contributed by atoms with Crippen LogP contribution in [0.2, 0.25) is 0 Å². The zero-order chi connectivity index (χ0) is 37.9. The van der Waals surface area contributed by atoms with Crippen molar-refractivity contribution in [3.63, 3.8) is 0 Å². The van der Waals surface area contributed by atoms with Gasteiger partial charge in [-0.1, -0.05) is 145 Å². The highest BCUT2D eigenvalue weighted by molar-refractivity contribution is 6.11.